The van der Waals surface area contributed by atoms with Crippen LogP contribution in [0.5, 0.6) is 0 Å². The average Bonchev–Trinajstić information content (AvgIpc) is 2.76. The summed E-state index contributed by atoms with van der Waals surface area (Å²) in [5.41, 5.74) is 0. The van der Waals surface area contributed by atoms with E-state index in [4.69, 9.17) is 18.6 Å². The van der Waals surface area contributed by atoms with Gasteiger partial charge in [-0.05, 0) is 6.42 Å². The van der Waals surface area contributed by atoms with Crippen LogP contribution in [0.4, 0.5) is 0 Å². The molecular formula is C24H51NO6S. The van der Waals surface area contributed by atoms with Crippen LogP contribution in [0.2, 0.25) is 0 Å². The molecule has 0 rings (SSSR count). The third-order valence-corrected chi connectivity index (χ3v) is 6.60. The van der Waals surface area contributed by atoms with Gasteiger partial charge in [0.05, 0.1) is 26.4 Å². The summed E-state index contributed by atoms with van der Waals surface area (Å²) in [6.45, 7) is 3.29. The predicted molar refractivity (Wildman–Crippen MR) is 131 cm³/mol. The molecule has 0 unspecified atom stereocenters. The summed E-state index contributed by atoms with van der Waals surface area (Å²) in [6, 6.07) is 0. The first-order valence-corrected chi connectivity index (χ1v) is 14.4. The van der Waals surface area contributed by atoms with Crippen LogP contribution in [0.25, 0.3) is 0 Å². The zero-order valence-corrected chi connectivity index (χ0v) is 21.5. The number of hydrogen-bond donors (Lipinski definition) is 2. The molecule has 0 spiro atoms. The lowest BCUT2D eigenvalue weighted by molar-refractivity contribution is 0.134. The van der Waals surface area contributed by atoms with Gasteiger partial charge in [-0.3, -0.25) is 4.90 Å². The van der Waals surface area contributed by atoms with E-state index in [-0.39, 0.29) is 26.4 Å². The van der Waals surface area contributed by atoms with E-state index in [9.17, 15) is 8.42 Å². The van der Waals surface area contributed by atoms with Gasteiger partial charge in [-0.25, -0.2) is 8.37 Å². The fourth-order valence-corrected chi connectivity index (χ4v) is 4.40. The second-order valence-electron chi connectivity index (χ2n) is 8.64. The maximum absolute atomic E-state index is 11.7. The summed E-state index contributed by atoms with van der Waals surface area (Å²) < 4.78 is 33.2. The first kappa shape index (κ1) is 31.8. The zero-order valence-electron chi connectivity index (χ0n) is 20.6. The minimum Gasteiger partial charge on any atom is -0.395 e. The lowest BCUT2D eigenvalue weighted by atomic mass is 10.0. The number of rotatable bonds is 26. The van der Waals surface area contributed by atoms with E-state index in [1.807, 2.05) is 0 Å². The van der Waals surface area contributed by atoms with Crippen LogP contribution in [0.3, 0.4) is 0 Å². The third-order valence-electron chi connectivity index (χ3n) is 5.69. The summed E-state index contributed by atoms with van der Waals surface area (Å²) in [5.74, 6) is 0. The molecule has 0 aromatic carbocycles. The summed E-state index contributed by atoms with van der Waals surface area (Å²) in [7, 11) is -3.98. The molecule has 0 aromatic rings. The highest BCUT2D eigenvalue weighted by Crippen LogP contribution is 2.13. The van der Waals surface area contributed by atoms with Gasteiger partial charge in [-0.2, -0.15) is 8.42 Å². The van der Waals surface area contributed by atoms with E-state index in [1.165, 1.54) is 83.5 Å². The van der Waals surface area contributed by atoms with Gasteiger partial charge >= 0.3 is 10.4 Å². The predicted octanol–water partition coefficient (Wildman–Crippen LogP) is 4.81. The van der Waals surface area contributed by atoms with Crippen molar-refractivity contribution in [3.8, 4) is 0 Å². The van der Waals surface area contributed by atoms with Crippen molar-refractivity contribution in [2.24, 2.45) is 0 Å². The summed E-state index contributed by atoms with van der Waals surface area (Å²) >= 11 is 0. The fraction of sp³-hybridized carbons (Fsp3) is 1.00. The number of aliphatic hydroxyl groups excluding tert-OH is 2. The van der Waals surface area contributed by atoms with Gasteiger partial charge in [0, 0.05) is 19.6 Å². The average molecular weight is 482 g/mol. The van der Waals surface area contributed by atoms with Gasteiger partial charge in [0.15, 0.2) is 0 Å². The van der Waals surface area contributed by atoms with Crippen molar-refractivity contribution >= 4 is 10.4 Å². The molecule has 194 valence electrons. The highest BCUT2D eigenvalue weighted by molar-refractivity contribution is 7.81. The molecule has 0 aromatic heterocycles. The number of nitrogens with zero attached hydrogens (tertiary/aromatic N) is 1. The van der Waals surface area contributed by atoms with E-state index in [1.54, 1.807) is 4.90 Å². The molecule has 0 bridgehead atoms. The number of hydrogen-bond acceptors (Lipinski definition) is 7. The van der Waals surface area contributed by atoms with Crippen LogP contribution in [-0.4, -0.2) is 69.6 Å². The Morgan fingerprint density at radius 1 is 0.562 bits per heavy atom. The van der Waals surface area contributed by atoms with Crippen LogP contribution in [0, 0.1) is 0 Å². The number of aliphatic hydroxyl groups is 2. The van der Waals surface area contributed by atoms with Crippen LogP contribution in [0.15, 0.2) is 0 Å². The Hall–Kier alpha value is -0.250. The standard InChI is InChI=1S/C24H51NO6S/c1-2-3-4-5-6-7-8-9-10-11-12-13-14-15-16-17-23-30-32(28,29)31-24-20-25(18-21-26)19-22-27/h26-27H,2-24H2,1H3. The smallest absolute Gasteiger partial charge is 0.395 e. The van der Waals surface area contributed by atoms with Crippen molar-refractivity contribution in [2.45, 2.75) is 110 Å². The summed E-state index contributed by atoms with van der Waals surface area (Å²) in [4.78, 5) is 1.73. The van der Waals surface area contributed by atoms with Crippen LogP contribution in [-0.2, 0) is 18.8 Å². The van der Waals surface area contributed by atoms with Gasteiger partial charge in [-0.15, -0.1) is 0 Å². The highest BCUT2D eigenvalue weighted by atomic mass is 32.3. The van der Waals surface area contributed by atoms with E-state index < -0.39 is 10.4 Å². The fourth-order valence-electron chi connectivity index (χ4n) is 3.73. The Morgan fingerprint density at radius 3 is 1.34 bits per heavy atom. The molecule has 32 heavy (non-hydrogen) atoms. The van der Waals surface area contributed by atoms with Gasteiger partial charge in [0.25, 0.3) is 0 Å². The van der Waals surface area contributed by atoms with Gasteiger partial charge < -0.3 is 10.2 Å². The largest absolute Gasteiger partial charge is 0.399 e. The molecular weight excluding hydrogens is 430 g/mol. The van der Waals surface area contributed by atoms with Gasteiger partial charge in [0.1, 0.15) is 0 Å². The van der Waals surface area contributed by atoms with Crippen LogP contribution in [0.1, 0.15) is 110 Å². The van der Waals surface area contributed by atoms with Crippen LogP contribution < -0.4 is 0 Å². The van der Waals surface area contributed by atoms with E-state index in [0.717, 1.165) is 12.8 Å². The lowest BCUT2D eigenvalue weighted by Crippen LogP contribution is -2.33. The molecule has 7 nitrogen and oxygen atoms in total. The first-order chi connectivity index (χ1) is 15.6. The second-order valence-corrected chi connectivity index (χ2v) is 9.93. The first-order valence-electron chi connectivity index (χ1n) is 13.0. The molecule has 0 saturated heterocycles. The molecule has 2 N–H and O–H groups in total. The van der Waals surface area contributed by atoms with E-state index >= 15 is 0 Å². The second kappa shape index (κ2) is 23.9. The molecule has 0 aliphatic rings. The molecule has 0 amide bonds. The Morgan fingerprint density at radius 2 is 0.938 bits per heavy atom. The van der Waals surface area contributed by atoms with Crippen molar-refractivity contribution in [2.75, 3.05) is 46.1 Å². The third kappa shape index (κ3) is 22.9. The Balaban J connectivity index is 3.41. The van der Waals surface area contributed by atoms with Crippen LogP contribution >= 0.6 is 0 Å². The van der Waals surface area contributed by atoms with E-state index in [0.29, 0.717) is 26.1 Å². The Labute approximate surface area is 198 Å². The van der Waals surface area contributed by atoms with Crippen molar-refractivity contribution in [1.29, 1.82) is 0 Å². The Kier molecular flexibility index (Phi) is 23.7. The monoisotopic (exact) mass is 481 g/mol. The SMILES string of the molecule is CCCCCCCCCCCCCCCCCCOS(=O)(=O)OCCN(CCO)CCO. The van der Waals surface area contributed by atoms with Gasteiger partial charge in [0.2, 0.25) is 0 Å². The molecule has 0 aliphatic heterocycles. The molecule has 0 aliphatic carbocycles. The zero-order chi connectivity index (χ0) is 23.8. The molecule has 0 heterocycles. The lowest BCUT2D eigenvalue weighted by Gasteiger charge is -2.19. The van der Waals surface area contributed by atoms with Crippen molar-refractivity contribution in [3.63, 3.8) is 0 Å². The maximum Gasteiger partial charge on any atom is 0.399 e. The quantitative estimate of drug-likeness (QED) is 0.171. The highest BCUT2D eigenvalue weighted by Gasteiger charge is 2.13. The topological polar surface area (TPSA) is 96.3 Å². The Bertz CT molecular complexity index is 469. The normalized spacial score (nSPS) is 12.1. The van der Waals surface area contributed by atoms with Gasteiger partial charge in [-0.1, -0.05) is 103 Å². The van der Waals surface area contributed by atoms with Crippen molar-refractivity contribution < 1.29 is 27.0 Å². The molecule has 0 radical (unpaired) electrons. The molecule has 0 fully saturated rings. The molecule has 0 saturated carbocycles. The van der Waals surface area contributed by atoms with Crippen molar-refractivity contribution in [1.82, 2.24) is 4.90 Å². The molecule has 8 heteroatoms. The number of unbranched alkanes of at least 4 members (excludes halogenated alkanes) is 15. The summed E-state index contributed by atoms with van der Waals surface area (Å²) in [5, 5.41) is 17.9. The van der Waals surface area contributed by atoms with E-state index in [2.05, 4.69) is 6.92 Å². The minimum absolute atomic E-state index is 0.0531. The maximum atomic E-state index is 11.7. The minimum atomic E-state index is -3.98. The molecule has 0 atom stereocenters. The summed E-state index contributed by atoms with van der Waals surface area (Å²) in [6.07, 6.45) is 20.4. The van der Waals surface area contributed by atoms with Crippen molar-refractivity contribution in [3.05, 3.63) is 0 Å².